The topological polar surface area (TPSA) is 41.6 Å². The summed E-state index contributed by atoms with van der Waals surface area (Å²) in [5, 5.41) is 2.48. The zero-order chi connectivity index (χ0) is 19.3. The Kier molecular flexibility index (Phi) is 7.08. The largest absolute Gasteiger partial charge is 0.417 e. The van der Waals surface area contributed by atoms with Crippen molar-refractivity contribution in [2.24, 2.45) is 0 Å². The van der Waals surface area contributed by atoms with E-state index in [4.69, 9.17) is 16.3 Å². The molecule has 1 aromatic rings. The molecule has 2 atom stereocenters. The van der Waals surface area contributed by atoms with E-state index in [1.165, 1.54) is 24.3 Å². The standard InChI is InChI=1S/C18H22ClF3N2O2/c1-12(13(2)24-7-9-26-10-8-24)23-17(25)6-4-14-3-5-16(19)15(11-14)18(20,21)22/h3-6,11-13H,7-10H2,1-2H3,(H,23,25). The quantitative estimate of drug-likeness (QED) is 0.781. The van der Waals surface area contributed by atoms with Gasteiger partial charge in [-0.15, -0.1) is 0 Å². The van der Waals surface area contributed by atoms with Crippen molar-refractivity contribution in [2.45, 2.75) is 32.1 Å². The van der Waals surface area contributed by atoms with Gasteiger partial charge in [0.2, 0.25) is 5.91 Å². The fourth-order valence-corrected chi connectivity index (χ4v) is 2.95. The predicted molar refractivity (Wildman–Crippen MR) is 94.9 cm³/mol. The van der Waals surface area contributed by atoms with Gasteiger partial charge in [-0.3, -0.25) is 9.69 Å². The van der Waals surface area contributed by atoms with Crippen LogP contribution in [-0.4, -0.2) is 49.2 Å². The fraction of sp³-hybridized carbons (Fsp3) is 0.500. The maximum Gasteiger partial charge on any atom is 0.417 e. The van der Waals surface area contributed by atoms with Crippen LogP contribution in [0.2, 0.25) is 5.02 Å². The van der Waals surface area contributed by atoms with Gasteiger partial charge in [0.15, 0.2) is 0 Å². The van der Waals surface area contributed by atoms with Crippen LogP contribution in [0.3, 0.4) is 0 Å². The van der Waals surface area contributed by atoms with E-state index in [9.17, 15) is 18.0 Å². The van der Waals surface area contributed by atoms with E-state index in [1.54, 1.807) is 0 Å². The number of hydrogen-bond donors (Lipinski definition) is 1. The predicted octanol–water partition coefficient (Wildman–Crippen LogP) is 3.60. The van der Waals surface area contributed by atoms with Gasteiger partial charge in [-0.1, -0.05) is 17.7 Å². The summed E-state index contributed by atoms with van der Waals surface area (Å²) in [6.45, 7) is 6.88. The zero-order valence-electron chi connectivity index (χ0n) is 14.6. The van der Waals surface area contributed by atoms with Crippen LogP contribution in [0.15, 0.2) is 24.3 Å². The molecule has 1 amide bonds. The van der Waals surface area contributed by atoms with E-state index in [1.807, 2.05) is 13.8 Å². The summed E-state index contributed by atoms with van der Waals surface area (Å²) in [5.41, 5.74) is -0.665. The third-order valence-electron chi connectivity index (χ3n) is 4.44. The number of morpholine rings is 1. The molecule has 1 saturated heterocycles. The molecule has 0 aliphatic carbocycles. The first kappa shape index (κ1) is 20.7. The minimum absolute atomic E-state index is 0.110. The lowest BCUT2D eigenvalue weighted by Gasteiger charge is -2.35. The minimum Gasteiger partial charge on any atom is -0.379 e. The molecular weight excluding hydrogens is 369 g/mol. The minimum atomic E-state index is -4.54. The average Bonchev–Trinajstić information content (AvgIpc) is 2.60. The van der Waals surface area contributed by atoms with Gasteiger partial charge in [-0.25, -0.2) is 0 Å². The van der Waals surface area contributed by atoms with Crippen molar-refractivity contribution >= 4 is 23.6 Å². The summed E-state index contributed by atoms with van der Waals surface area (Å²) in [6.07, 6.45) is -1.97. The molecule has 26 heavy (non-hydrogen) atoms. The molecule has 0 spiro atoms. The summed E-state index contributed by atoms with van der Waals surface area (Å²) in [4.78, 5) is 14.3. The SMILES string of the molecule is CC(NC(=O)C=Cc1ccc(Cl)c(C(F)(F)F)c1)C(C)N1CCOCC1. The van der Waals surface area contributed by atoms with Gasteiger partial charge in [0.1, 0.15) is 0 Å². The number of alkyl halides is 3. The monoisotopic (exact) mass is 390 g/mol. The van der Waals surface area contributed by atoms with Crippen LogP contribution in [-0.2, 0) is 15.7 Å². The highest BCUT2D eigenvalue weighted by Gasteiger charge is 2.33. The van der Waals surface area contributed by atoms with E-state index in [0.29, 0.717) is 13.2 Å². The molecule has 0 saturated carbocycles. The maximum absolute atomic E-state index is 12.9. The number of amides is 1. The Morgan fingerprint density at radius 1 is 1.31 bits per heavy atom. The molecule has 1 fully saturated rings. The number of ether oxygens (including phenoxy) is 1. The number of halogens is 4. The molecule has 1 aromatic carbocycles. The Hall–Kier alpha value is -1.57. The second-order valence-corrected chi connectivity index (χ2v) is 6.66. The molecule has 2 unspecified atom stereocenters. The van der Waals surface area contributed by atoms with Gasteiger partial charge < -0.3 is 10.1 Å². The first-order valence-electron chi connectivity index (χ1n) is 8.35. The van der Waals surface area contributed by atoms with Crippen LogP contribution < -0.4 is 5.32 Å². The number of hydrogen-bond acceptors (Lipinski definition) is 3. The van der Waals surface area contributed by atoms with E-state index in [-0.39, 0.29) is 28.6 Å². The Bertz CT molecular complexity index is 658. The van der Waals surface area contributed by atoms with Gasteiger partial charge in [0.25, 0.3) is 0 Å². The molecule has 2 rings (SSSR count). The van der Waals surface area contributed by atoms with Crippen LogP contribution in [0.4, 0.5) is 13.2 Å². The third-order valence-corrected chi connectivity index (χ3v) is 4.77. The third kappa shape index (κ3) is 5.72. The highest BCUT2D eigenvalue weighted by atomic mass is 35.5. The molecule has 8 heteroatoms. The average molecular weight is 391 g/mol. The van der Waals surface area contributed by atoms with Gasteiger partial charge in [-0.05, 0) is 37.6 Å². The molecule has 1 aliphatic heterocycles. The Morgan fingerprint density at radius 3 is 2.58 bits per heavy atom. The number of nitrogens with one attached hydrogen (secondary N) is 1. The summed E-state index contributed by atoms with van der Waals surface area (Å²) in [5.74, 6) is -0.360. The molecule has 144 valence electrons. The molecule has 1 N–H and O–H groups in total. The molecular formula is C18H22ClF3N2O2. The Labute approximate surface area is 155 Å². The second-order valence-electron chi connectivity index (χ2n) is 6.26. The molecule has 0 aromatic heterocycles. The van der Waals surface area contributed by atoms with Crippen LogP contribution in [0.25, 0.3) is 6.08 Å². The van der Waals surface area contributed by atoms with Crippen molar-refractivity contribution in [1.29, 1.82) is 0 Å². The highest BCUT2D eigenvalue weighted by molar-refractivity contribution is 6.31. The van der Waals surface area contributed by atoms with Crippen molar-refractivity contribution in [2.75, 3.05) is 26.3 Å². The first-order valence-corrected chi connectivity index (χ1v) is 8.73. The number of nitrogens with zero attached hydrogens (tertiary/aromatic N) is 1. The summed E-state index contributed by atoms with van der Waals surface area (Å²) in [7, 11) is 0. The lowest BCUT2D eigenvalue weighted by atomic mass is 10.1. The van der Waals surface area contributed by atoms with E-state index in [2.05, 4.69) is 10.2 Å². The van der Waals surface area contributed by atoms with Crippen molar-refractivity contribution in [3.8, 4) is 0 Å². The fourth-order valence-electron chi connectivity index (χ4n) is 2.73. The van der Waals surface area contributed by atoms with Crippen LogP contribution >= 0.6 is 11.6 Å². The summed E-state index contributed by atoms with van der Waals surface area (Å²) < 4.78 is 43.9. The highest BCUT2D eigenvalue weighted by Crippen LogP contribution is 2.35. The lowest BCUT2D eigenvalue weighted by Crippen LogP contribution is -2.51. The van der Waals surface area contributed by atoms with E-state index in [0.717, 1.165) is 19.2 Å². The Balaban J connectivity index is 1.96. The molecule has 0 radical (unpaired) electrons. The number of rotatable bonds is 5. The number of carbonyl (C=O) groups is 1. The molecule has 1 aliphatic rings. The van der Waals surface area contributed by atoms with Gasteiger partial charge in [0.05, 0.1) is 23.8 Å². The summed E-state index contributed by atoms with van der Waals surface area (Å²) >= 11 is 5.58. The van der Waals surface area contributed by atoms with Gasteiger partial charge in [-0.2, -0.15) is 13.2 Å². The maximum atomic E-state index is 12.9. The number of carbonyl (C=O) groups excluding carboxylic acids is 1. The van der Waals surface area contributed by atoms with E-state index >= 15 is 0 Å². The van der Waals surface area contributed by atoms with Crippen molar-refractivity contribution in [1.82, 2.24) is 10.2 Å². The molecule has 1 heterocycles. The Morgan fingerprint density at radius 2 is 1.96 bits per heavy atom. The van der Waals surface area contributed by atoms with Crippen LogP contribution in [0, 0.1) is 0 Å². The normalized spacial score (nSPS) is 18.7. The van der Waals surface area contributed by atoms with Crippen molar-refractivity contribution in [3.63, 3.8) is 0 Å². The zero-order valence-corrected chi connectivity index (χ0v) is 15.4. The second kappa shape index (κ2) is 8.88. The smallest absolute Gasteiger partial charge is 0.379 e. The van der Waals surface area contributed by atoms with Crippen molar-refractivity contribution < 1.29 is 22.7 Å². The molecule has 4 nitrogen and oxygen atoms in total. The van der Waals surface area contributed by atoms with Crippen molar-refractivity contribution in [3.05, 3.63) is 40.4 Å². The molecule has 0 bridgehead atoms. The van der Waals surface area contributed by atoms with Gasteiger partial charge in [0, 0.05) is 31.2 Å². The van der Waals surface area contributed by atoms with Gasteiger partial charge >= 0.3 is 6.18 Å². The first-order chi connectivity index (χ1) is 12.2. The number of benzene rings is 1. The summed E-state index contributed by atoms with van der Waals surface area (Å²) in [6, 6.07) is 3.54. The lowest BCUT2D eigenvalue weighted by molar-refractivity contribution is -0.137. The van der Waals surface area contributed by atoms with E-state index < -0.39 is 11.7 Å². The van der Waals surface area contributed by atoms with Crippen LogP contribution in [0.1, 0.15) is 25.0 Å². The van der Waals surface area contributed by atoms with Crippen LogP contribution in [0.5, 0.6) is 0 Å².